The SMILES string of the molecule is COc1cc(Nc2cnc3ccc(NC(=O)N(S)Cc4ccccc4F)nc3n2)cc(OC)c1OC. The van der Waals surface area contributed by atoms with Crippen molar-refractivity contribution in [1.82, 2.24) is 19.3 Å². The molecule has 10 nitrogen and oxygen atoms in total. The van der Waals surface area contributed by atoms with E-state index in [1.54, 1.807) is 48.7 Å². The van der Waals surface area contributed by atoms with Gasteiger partial charge in [-0.25, -0.2) is 24.1 Å². The van der Waals surface area contributed by atoms with Gasteiger partial charge in [0.05, 0.1) is 34.1 Å². The third-order valence-electron chi connectivity index (χ3n) is 5.09. The Kier molecular flexibility index (Phi) is 7.54. The smallest absolute Gasteiger partial charge is 0.333 e. The Bertz CT molecular complexity index is 1380. The van der Waals surface area contributed by atoms with Crippen LogP contribution in [0.3, 0.4) is 0 Å². The molecule has 186 valence electrons. The Labute approximate surface area is 212 Å². The summed E-state index contributed by atoms with van der Waals surface area (Å²) < 4.78 is 31.0. The van der Waals surface area contributed by atoms with Gasteiger partial charge in [-0.05, 0) is 18.2 Å². The highest BCUT2D eigenvalue weighted by molar-refractivity contribution is 7.78. The number of hydrogen-bond donors (Lipinski definition) is 3. The van der Waals surface area contributed by atoms with Gasteiger partial charge in [0.1, 0.15) is 17.2 Å². The lowest BCUT2D eigenvalue weighted by Crippen LogP contribution is -2.27. The minimum Gasteiger partial charge on any atom is -0.493 e. The van der Waals surface area contributed by atoms with Crippen molar-refractivity contribution >= 4 is 47.3 Å². The maximum atomic E-state index is 13.9. The molecule has 0 radical (unpaired) electrons. The minimum absolute atomic E-state index is 0.0299. The van der Waals surface area contributed by atoms with Gasteiger partial charge in [-0.3, -0.25) is 9.62 Å². The topological polar surface area (TPSA) is 111 Å². The first kappa shape index (κ1) is 24.8. The second-order valence-corrected chi connectivity index (χ2v) is 7.90. The normalized spacial score (nSPS) is 10.6. The van der Waals surface area contributed by atoms with E-state index in [1.807, 2.05) is 0 Å². The molecule has 4 aromatic rings. The van der Waals surface area contributed by atoms with Crippen LogP contribution in [0.5, 0.6) is 17.2 Å². The number of rotatable bonds is 8. The number of methoxy groups -OCH3 is 3. The van der Waals surface area contributed by atoms with Crippen molar-refractivity contribution < 1.29 is 23.4 Å². The molecule has 0 spiro atoms. The fraction of sp³-hybridized carbons (Fsp3) is 0.167. The third-order valence-corrected chi connectivity index (χ3v) is 5.41. The van der Waals surface area contributed by atoms with Crippen LogP contribution in [0, 0.1) is 5.82 Å². The molecule has 2 aromatic heterocycles. The lowest BCUT2D eigenvalue weighted by Gasteiger charge is -2.16. The van der Waals surface area contributed by atoms with Crippen molar-refractivity contribution in [1.29, 1.82) is 0 Å². The fourth-order valence-electron chi connectivity index (χ4n) is 3.36. The van der Waals surface area contributed by atoms with Crippen molar-refractivity contribution in [2.24, 2.45) is 0 Å². The molecule has 2 amide bonds. The van der Waals surface area contributed by atoms with E-state index in [4.69, 9.17) is 14.2 Å². The van der Waals surface area contributed by atoms with Crippen LogP contribution in [-0.4, -0.2) is 46.6 Å². The molecule has 0 aliphatic heterocycles. The number of aromatic nitrogens is 3. The highest BCUT2D eigenvalue weighted by Crippen LogP contribution is 2.40. The number of fused-ring (bicyclic) bond motifs is 1. The van der Waals surface area contributed by atoms with E-state index in [0.717, 1.165) is 4.31 Å². The summed E-state index contributed by atoms with van der Waals surface area (Å²) in [6.07, 6.45) is 1.55. The van der Waals surface area contributed by atoms with Crippen LogP contribution in [0.2, 0.25) is 0 Å². The predicted molar refractivity (Wildman–Crippen MR) is 137 cm³/mol. The van der Waals surface area contributed by atoms with Gasteiger partial charge in [-0.1, -0.05) is 31.0 Å². The molecular formula is C24H23FN6O4S. The quantitative estimate of drug-likeness (QED) is 0.290. The maximum Gasteiger partial charge on any atom is 0.333 e. The summed E-state index contributed by atoms with van der Waals surface area (Å²) >= 11 is 4.17. The number of carbonyl (C=O) groups is 1. The van der Waals surface area contributed by atoms with Crippen molar-refractivity contribution in [3.8, 4) is 17.2 Å². The zero-order valence-corrected chi connectivity index (χ0v) is 20.5. The molecule has 0 saturated carbocycles. The molecule has 0 aliphatic carbocycles. The number of nitrogens with zero attached hydrogens (tertiary/aromatic N) is 4. The first-order valence-electron chi connectivity index (χ1n) is 10.6. The number of carbonyl (C=O) groups excluding carboxylic acids is 1. The van der Waals surface area contributed by atoms with E-state index in [1.165, 1.54) is 27.4 Å². The van der Waals surface area contributed by atoms with Crippen LogP contribution in [0.1, 0.15) is 5.56 Å². The molecule has 2 N–H and O–H groups in total. The van der Waals surface area contributed by atoms with Crippen molar-refractivity contribution in [2.75, 3.05) is 32.0 Å². The molecule has 0 atom stereocenters. The highest BCUT2D eigenvalue weighted by Gasteiger charge is 2.15. The van der Waals surface area contributed by atoms with E-state index in [-0.39, 0.29) is 12.4 Å². The van der Waals surface area contributed by atoms with Crippen LogP contribution in [0.25, 0.3) is 11.2 Å². The van der Waals surface area contributed by atoms with E-state index < -0.39 is 11.8 Å². The van der Waals surface area contributed by atoms with Crippen molar-refractivity contribution in [3.63, 3.8) is 0 Å². The molecule has 0 fully saturated rings. The summed E-state index contributed by atoms with van der Waals surface area (Å²) in [5, 5.41) is 5.76. The summed E-state index contributed by atoms with van der Waals surface area (Å²) in [6, 6.07) is 12.3. The van der Waals surface area contributed by atoms with Gasteiger partial charge < -0.3 is 19.5 Å². The number of ether oxygens (including phenoxy) is 3. The Morgan fingerprint density at radius 3 is 2.36 bits per heavy atom. The molecule has 2 aromatic carbocycles. The van der Waals surface area contributed by atoms with Gasteiger partial charge >= 0.3 is 6.03 Å². The largest absolute Gasteiger partial charge is 0.493 e. The van der Waals surface area contributed by atoms with E-state index in [2.05, 4.69) is 38.4 Å². The average molecular weight is 511 g/mol. The average Bonchev–Trinajstić information content (AvgIpc) is 2.89. The number of pyridine rings is 1. The summed E-state index contributed by atoms with van der Waals surface area (Å²) in [5.74, 6) is 1.63. The number of benzene rings is 2. The molecule has 0 unspecified atom stereocenters. The number of halogens is 1. The lowest BCUT2D eigenvalue weighted by molar-refractivity contribution is 0.237. The van der Waals surface area contributed by atoms with Crippen LogP contribution >= 0.6 is 12.8 Å². The second-order valence-electron chi connectivity index (χ2n) is 7.41. The monoisotopic (exact) mass is 510 g/mol. The third kappa shape index (κ3) is 5.49. The number of thiol groups is 1. The molecular weight excluding hydrogens is 487 g/mol. The number of urea groups is 1. The number of anilines is 3. The van der Waals surface area contributed by atoms with Crippen LogP contribution in [0.15, 0.2) is 54.7 Å². The summed E-state index contributed by atoms with van der Waals surface area (Å²) in [4.78, 5) is 25.8. The Morgan fingerprint density at radius 1 is 1.00 bits per heavy atom. The van der Waals surface area contributed by atoms with Gasteiger partial charge in [0, 0.05) is 23.4 Å². The van der Waals surface area contributed by atoms with Crippen LogP contribution < -0.4 is 24.8 Å². The fourth-order valence-corrected chi connectivity index (χ4v) is 3.56. The standard InChI is InChI=1S/C24H23FN6O4S/c1-33-18-10-15(11-19(34-2)22(18)35-3)27-21-12-26-17-8-9-20(28-23(17)29-21)30-24(32)31(36)13-14-6-4-5-7-16(14)25/h4-12,36H,13H2,1-3H3,(H2,27,28,29,30,32). The zero-order chi connectivity index (χ0) is 25.7. The molecule has 0 bridgehead atoms. The molecule has 2 heterocycles. The van der Waals surface area contributed by atoms with E-state index in [9.17, 15) is 9.18 Å². The van der Waals surface area contributed by atoms with Gasteiger partial charge in [0.25, 0.3) is 0 Å². The van der Waals surface area contributed by atoms with Gasteiger partial charge in [-0.2, -0.15) is 0 Å². The Balaban J connectivity index is 1.52. The summed E-state index contributed by atoms with van der Waals surface area (Å²) in [5.41, 5.74) is 1.78. The number of amides is 2. The van der Waals surface area contributed by atoms with Gasteiger partial charge in [0.2, 0.25) is 5.75 Å². The summed E-state index contributed by atoms with van der Waals surface area (Å²) in [7, 11) is 4.58. The molecule has 4 rings (SSSR count). The van der Waals surface area contributed by atoms with Crippen molar-refractivity contribution in [2.45, 2.75) is 6.54 Å². The van der Waals surface area contributed by atoms with Crippen LogP contribution in [0.4, 0.5) is 26.5 Å². The van der Waals surface area contributed by atoms with Crippen LogP contribution in [-0.2, 0) is 6.54 Å². The maximum absolute atomic E-state index is 13.9. The Morgan fingerprint density at radius 2 is 1.69 bits per heavy atom. The highest BCUT2D eigenvalue weighted by atomic mass is 32.1. The lowest BCUT2D eigenvalue weighted by atomic mass is 10.2. The minimum atomic E-state index is -0.576. The second kappa shape index (κ2) is 11.0. The van der Waals surface area contributed by atoms with Gasteiger partial charge in [0.15, 0.2) is 23.0 Å². The predicted octanol–water partition coefficient (Wildman–Crippen LogP) is 4.81. The number of hydrogen-bond acceptors (Lipinski definition) is 9. The first-order valence-corrected chi connectivity index (χ1v) is 11.0. The molecule has 0 saturated heterocycles. The molecule has 12 heteroatoms. The van der Waals surface area contributed by atoms with Crippen molar-refractivity contribution in [3.05, 3.63) is 66.1 Å². The van der Waals surface area contributed by atoms with E-state index in [0.29, 0.717) is 45.5 Å². The number of nitrogens with one attached hydrogen (secondary N) is 2. The van der Waals surface area contributed by atoms with Gasteiger partial charge in [-0.15, -0.1) is 0 Å². The summed E-state index contributed by atoms with van der Waals surface area (Å²) in [6.45, 7) is -0.0299. The molecule has 36 heavy (non-hydrogen) atoms. The van der Waals surface area contributed by atoms with E-state index >= 15 is 0 Å². The Hall–Kier alpha value is -4.32. The molecule has 0 aliphatic rings. The zero-order valence-electron chi connectivity index (χ0n) is 19.7. The first-order chi connectivity index (χ1) is 17.4.